The zero-order valence-corrected chi connectivity index (χ0v) is 13.6. The monoisotopic (exact) mass is 326 g/mol. The molecule has 0 radical (unpaired) electrons. The zero-order valence-electron chi connectivity index (χ0n) is 12.8. The van der Waals surface area contributed by atoms with E-state index in [2.05, 4.69) is 9.88 Å². The van der Waals surface area contributed by atoms with Crippen molar-refractivity contribution in [1.29, 1.82) is 0 Å². The molecule has 1 aromatic heterocycles. The molecular weight excluding hydrogens is 302 g/mol. The Labute approximate surface area is 132 Å². The summed E-state index contributed by atoms with van der Waals surface area (Å²) in [5.41, 5.74) is 0. The van der Waals surface area contributed by atoms with E-state index < -0.39 is 10.0 Å². The van der Waals surface area contributed by atoms with E-state index in [0.29, 0.717) is 31.2 Å². The summed E-state index contributed by atoms with van der Waals surface area (Å²) >= 11 is 0. The Morgan fingerprint density at radius 3 is 2.23 bits per heavy atom. The van der Waals surface area contributed by atoms with Crippen LogP contribution >= 0.6 is 0 Å². The molecule has 0 aliphatic carbocycles. The second kappa shape index (κ2) is 6.93. The van der Waals surface area contributed by atoms with Gasteiger partial charge in [0.1, 0.15) is 11.1 Å². The topological polar surface area (TPSA) is 64.0 Å². The Morgan fingerprint density at radius 2 is 1.64 bits per heavy atom. The number of rotatable bonds is 3. The molecule has 7 heteroatoms. The Bertz CT molecular complexity index is 575. The molecule has 0 bridgehead atoms. The van der Waals surface area contributed by atoms with Gasteiger partial charge in [0.15, 0.2) is 0 Å². The van der Waals surface area contributed by atoms with Crippen LogP contribution in [0.4, 0.5) is 5.82 Å². The third-order valence-electron chi connectivity index (χ3n) is 4.32. The average molecular weight is 326 g/mol. The number of hydrogen-bond acceptors (Lipinski definition) is 4. The molecule has 1 N–H and O–H groups in total. The van der Waals surface area contributed by atoms with Gasteiger partial charge in [-0.25, -0.2) is 13.4 Å². The van der Waals surface area contributed by atoms with E-state index in [1.54, 1.807) is 12.3 Å². The second-order valence-corrected chi connectivity index (χ2v) is 7.77. The highest BCUT2D eigenvalue weighted by molar-refractivity contribution is 7.89. The van der Waals surface area contributed by atoms with Gasteiger partial charge in [-0.1, -0.05) is 0 Å². The molecule has 0 unspecified atom stereocenters. The van der Waals surface area contributed by atoms with Crippen LogP contribution in [-0.4, -0.2) is 52.1 Å². The van der Waals surface area contributed by atoms with Crippen molar-refractivity contribution in [3.8, 4) is 0 Å². The molecule has 2 saturated heterocycles. The lowest BCUT2D eigenvalue weighted by Crippen LogP contribution is -2.41. The largest absolute Gasteiger partial charge is 0.379 e. The van der Waals surface area contributed by atoms with Crippen molar-refractivity contribution in [3.63, 3.8) is 0 Å². The molecule has 22 heavy (non-hydrogen) atoms. The number of hydrogen-bond donors (Lipinski definition) is 0. The van der Waals surface area contributed by atoms with E-state index in [1.807, 2.05) is 6.07 Å². The molecule has 0 amide bonds. The maximum absolute atomic E-state index is 12.6. The van der Waals surface area contributed by atoms with Crippen LogP contribution in [0.15, 0.2) is 23.2 Å². The smallest absolute Gasteiger partial charge is 0.274 e. The number of sulfonamides is 1. The highest BCUT2D eigenvalue weighted by Crippen LogP contribution is 2.19. The molecule has 0 saturated carbocycles. The van der Waals surface area contributed by atoms with Crippen molar-refractivity contribution >= 4 is 15.8 Å². The van der Waals surface area contributed by atoms with E-state index >= 15 is 0 Å². The zero-order chi connectivity index (χ0) is 15.4. The molecule has 1 aromatic rings. The standard InChI is InChI=1S/C15H23N3O3S/c19-22(20,18-9-11-21-12-10-18)14-5-6-15(16-13-14)17-7-3-1-2-4-8-17/h5-6,13H,1-4,7-12H2/p+1. The van der Waals surface area contributed by atoms with Gasteiger partial charge in [-0.05, 0) is 31.7 Å². The van der Waals surface area contributed by atoms with Gasteiger partial charge >= 0.3 is 0 Å². The van der Waals surface area contributed by atoms with Gasteiger partial charge in [-0.15, -0.1) is 0 Å². The quantitative estimate of drug-likeness (QED) is 0.828. The summed E-state index contributed by atoms with van der Waals surface area (Å²) in [6.07, 6.45) is 6.56. The fourth-order valence-electron chi connectivity index (χ4n) is 3.01. The number of aromatic amines is 1. The van der Waals surface area contributed by atoms with E-state index in [0.717, 1.165) is 18.9 Å². The Kier molecular flexibility index (Phi) is 4.95. The summed E-state index contributed by atoms with van der Waals surface area (Å²) in [5.74, 6) is 1.00. The minimum absolute atomic E-state index is 0.327. The summed E-state index contributed by atoms with van der Waals surface area (Å²) in [5, 5.41) is 0. The van der Waals surface area contributed by atoms with Gasteiger partial charge in [-0.2, -0.15) is 4.31 Å². The number of morpholine rings is 1. The van der Waals surface area contributed by atoms with E-state index in [1.165, 1.54) is 30.0 Å². The molecule has 0 spiro atoms. The minimum atomic E-state index is -3.41. The molecule has 2 aliphatic heterocycles. The molecule has 3 rings (SSSR count). The van der Waals surface area contributed by atoms with Gasteiger partial charge in [-0.3, -0.25) is 4.90 Å². The second-order valence-electron chi connectivity index (χ2n) is 5.83. The van der Waals surface area contributed by atoms with Crippen LogP contribution in [0.3, 0.4) is 0 Å². The van der Waals surface area contributed by atoms with Gasteiger partial charge in [0.2, 0.25) is 10.0 Å². The highest BCUT2D eigenvalue weighted by atomic mass is 32.2. The number of anilines is 1. The first kappa shape index (κ1) is 15.7. The van der Waals surface area contributed by atoms with Gasteiger partial charge in [0, 0.05) is 19.2 Å². The Balaban J connectivity index is 1.75. The Hall–Kier alpha value is -1.18. The van der Waals surface area contributed by atoms with Gasteiger partial charge < -0.3 is 4.74 Å². The van der Waals surface area contributed by atoms with Crippen LogP contribution < -0.4 is 9.88 Å². The fourth-order valence-corrected chi connectivity index (χ4v) is 4.38. The van der Waals surface area contributed by atoms with E-state index in [9.17, 15) is 8.42 Å². The molecular formula is C15H24N3O3S+. The number of pyridine rings is 1. The van der Waals surface area contributed by atoms with Crippen molar-refractivity contribution in [2.75, 3.05) is 44.3 Å². The number of nitrogens with one attached hydrogen (secondary N) is 1. The van der Waals surface area contributed by atoms with Crippen molar-refractivity contribution in [2.45, 2.75) is 30.6 Å². The van der Waals surface area contributed by atoms with Crippen molar-refractivity contribution in [2.24, 2.45) is 0 Å². The number of nitrogens with zero attached hydrogens (tertiary/aromatic N) is 2. The van der Waals surface area contributed by atoms with Crippen LogP contribution in [0.1, 0.15) is 25.7 Å². The van der Waals surface area contributed by atoms with Crippen molar-refractivity contribution < 1.29 is 18.1 Å². The first-order valence-electron chi connectivity index (χ1n) is 8.02. The number of H-pyrrole nitrogens is 1. The third-order valence-corrected chi connectivity index (χ3v) is 6.22. The molecule has 2 fully saturated rings. The van der Waals surface area contributed by atoms with Crippen LogP contribution in [0.5, 0.6) is 0 Å². The highest BCUT2D eigenvalue weighted by Gasteiger charge is 2.28. The van der Waals surface area contributed by atoms with Gasteiger partial charge in [0.25, 0.3) is 5.82 Å². The van der Waals surface area contributed by atoms with E-state index in [-0.39, 0.29) is 0 Å². The molecule has 0 aromatic carbocycles. The lowest BCUT2D eigenvalue weighted by molar-refractivity contribution is -0.367. The maximum atomic E-state index is 12.6. The van der Waals surface area contributed by atoms with Crippen LogP contribution in [0, 0.1) is 0 Å². The predicted octanol–water partition coefficient (Wildman–Crippen LogP) is 0.902. The molecule has 6 nitrogen and oxygen atoms in total. The van der Waals surface area contributed by atoms with Crippen molar-refractivity contribution in [1.82, 2.24) is 4.31 Å². The first-order chi connectivity index (χ1) is 10.7. The normalized spacial score (nSPS) is 21.5. The molecule has 3 heterocycles. The lowest BCUT2D eigenvalue weighted by Gasteiger charge is -2.25. The summed E-state index contributed by atoms with van der Waals surface area (Å²) in [7, 11) is -3.41. The van der Waals surface area contributed by atoms with Crippen LogP contribution in [0.2, 0.25) is 0 Å². The Morgan fingerprint density at radius 1 is 0.955 bits per heavy atom. The molecule has 2 aliphatic rings. The van der Waals surface area contributed by atoms with E-state index in [4.69, 9.17) is 4.74 Å². The minimum Gasteiger partial charge on any atom is -0.379 e. The first-order valence-corrected chi connectivity index (χ1v) is 9.46. The summed E-state index contributed by atoms with van der Waals surface area (Å²) in [6.45, 7) is 3.86. The lowest BCUT2D eigenvalue weighted by atomic mass is 10.2. The summed E-state index contributed by atoms with van der Waals surface area (Å²) in [6, 6.07) is 3.60. The number of ether oxygens (including phenoxy) is 1. The summed E-state index contributed by atoms with van der Waals surface area (Å²) in [4.78, 5) is 5.80. The predicted molar refractivity (Wildman–Crippen MR) is 83.3 cm³/mol. The SMILES string of the molecule is O=S(=O)(c1ccc(N2CCCCCC2)[nH+]c1)N1CCOCC1. The fraction of sp³-hybridized carbons (Fsp3) is 0.667. The van der Waals surface area contributed by atoms with Crippen LogP contribution in [0.25, 0.3) is 0 Å². The summed E-state index contributed by atoms with van der Waals surface area (Å²) < 4.78 is 31.8. The third kappa shape index (κ3) is 3.42. The molecule has 0 atom stereocenters. The van der Waals surface area contributed by atoms with Gasteiger partial charge in [0.05, 0.1) is 26.3 Å². The number of aromatic nitrogens is 1. The van der Waals surface area contributed by atoms with Crippen LogP contribution in [-0.2, 0) is 14.8 Å². The average Bonchev–Trinajstić information content (AvgIpc) is 2.85. The maximum Gasteiger partial charge on any atom is 0.274 e. The van der Waals surface area contributed by atoms with Crippen molar-refractivity contribution in [3.05, 3.63) is 18.3 Å². The molecule has 122 valence electrons.